The molecule has 2 aliphatic heterocycles. The summed E-state index contributed by atoms with van der Waals surface area (Å²) in [6, 6.07) is 0. The van der Waals surface area contributed by atoms with Crippen LogP contribution in [-0.2, 0) is 14.2 Å². The molecule has 0 aromatic heterocycles. The van der Waals surface area contributed by atoms with Crippen LogP contribution >= 0.6 is 0 Å². The smallest absolute Gasteiger partial charge is 0.196 e. The van der Waals surface area contributed by atoms with Gasteiger partial charge in [0, 0.05) is 19.1 Å². The first kappa shape index (κ1) is 12.6. The molecule has 0 N–H and O–H groups in total. The maximum atomic E-state index is 6.26. The lowest BCUT2D eigenvalue weighted by atomic mass is 9.69. The topological polar surface area (TPSA) is 27.7 Å². The van der Waals surface area contributed by atoms with Crippen molar-refractivity contribution in [3.8, 4) is 0 Å². The zero-order valence-electron chi connectivity index (χ0n) is 12.1. The highest BCUT2D eigenvalue weighted by atomic mass is 16.7. The zero-order valence-corrected chi connectivity index (χ0v) is 12.1. The number of hydrogen-bond acceptors (Lipinski definition) is 3. The van der Waals surface area contributed by atoms with Gasteiger partial charge in [-0.3, -0.25) is 0 Å². The molecule has 0 radical (unpaired) electrons. The molecule has 2 atom stereocenters. The molecular formula is C15H24O3. The zero-order chi connectivity index (χ0) is 13.2. The predicted octanol–water partition coefficient (Wildman–Crippen LogP) is 3.04. The molecule has 3 rings (SSSR count). The van der Waals surface area contributed by atoms with Crippen molar-refractivity contribution in [2.45, 2.75) is 64.4 Å². The predicted molar refractivity (Wildman–Crippen MR) is 69.3 cm³/mol. The minimum Gasteiger partial charge on any atom is -0.368 e. The summed E-state index contributed by atoms with van der Waals surface area (Å²) in [6.07, 6.45) is 3.20. The third kappa shape index (κ3) is 1.60. The SMILES string of the molecule is CO[C@@]12CC(C)(C)O[C@@H]3CCC(C)(C)C(=C31)CO2. The van der Waals surface area contributed by atoms with Crippen LogP contribution in [0.5, 0.6) is 0 Å². The van der Waals surface area contributed by atoms with E-state index in [1.165, 1.54) is 11.1 Å². The van der Waals surface area contributed by atoms with Gasteiger partial charge < -0.3 is 14.2 Å². The van der Waals surface area contributed by atoms with Crippen molar-refractivity contribution in [1.29, 1.82) is 0 Å². The van der Waals surface area contributed by atoms with E-state index in [0.717, 1.165) is 19.3 Å². The largest absolute Gasteiger partial charge is 0.368 e. The third-order valence-corrected chi connectivity index (χ3v) is 4.81. The minimum absolute atomic E-state index is 0.179. The Labute approximate surface area is 109 Å². The molecule has 2 heterocycles. The van der Waals surface area contributed by atoms with Crippen molar-refractivity contribution < 1.29 is 14.2 Å². The molecule has 3 aliphatic rings. The molecule has 0 bridgehead atoms. The standard InChI is InChI=1S/C15H24O3/c1-13(2)7-6-11-12-10(13)8-17-15(12,16-5)9-14(3,4)18-11/h11H,6-9H2,1-5H3/t11-,15-/m1/s1. The molecule has 0 aromatic rings. The van der Waals surface area contributed by atoms with Gasteiger partial charge in [-0.2, -0.15) is 0 Å². The molecule has 0 unspecified atom stereocenters. The van der Waals surface area contributed by atoms with Crippen LogP contribution in [0.4, 0.5) is 0 Å². The van der Waals surface area contributed by atoms with Gasteiger partial charge in [0.25, 0.3) is 0 Å². The Hall–Kier alpha value is -0.380. The molecule has 1 fully saturated rings. The van der Waals surface area contributed by atoms with Gasteiger partial charge in [0.1, 0.15) is 0 Å². The second-order valence-electron chi connectivity index (χ2n) is 7.10. The van der Waals surface area contributed by atoms with Gasteiger partial charge in [-0.25, -0.2) is 0 Å². The van der Waals surface area contributed by atoms with Crippen LogP contribution in [0.3, 0.4) is 0 Å². The summed E-state index contributed by atoms with van der Waals surface area (Å²) >= 11 is 0. The quantitative estimate of drug-likeness (QED) is 0.671. The Balaban J connectivity index is 2.11. The van der Waals surface area contributed by atoms with E-state index in [1.54, 1.807) is 7.11 Å². The van der Waals surface area contributed by atoms with E-state index in [2.05, 4.69) is 27.7 Å². The molecular weight excluding hydrogens is 228 g/mol. The van der Waals surface area contributed by atoms with Crippen LogP contribution < -0.4 is 0 Å². The second kappa shape index (κ2) is 3.59. The average molecular weight is 252 g/mol. The lowest BCUT2D eigenvalue weighted by Crippen LogP contribution is -2.53. The number of ether oxygens (including phenoxy) is 3. The fourth-order valence-electron chi connectivity index (χ4n) is 3.85. The van der Waals surface area contributed by atoms with E-state index in [1.807, 2.05) is 0 Å². The van der Waals surface area contributed by atoms with Gasteiger partial charge in [0.15, 0.2) is 5.79 Å². The summed E-state index contributed by atoms with van der Waals surface area (Å²) in [7, 11) is 1.76. The Morgan fingerprint density at radius 3 is 2.61 bits per heavy atom. The molecule has 3 nitrogen and oxygen atoms in total. The lowest BCUT2D eigenvalue weighted by molar-refractivity contribution is -0.249. The normalized spacial score (nSPS) is 40.8. The van der Waals surface area contributed by atoms with Crippen LogP contribution in [0, 0.1) is 5.41 Å². The van der Waals surface area contributed by atoms with Gasteiger partial charge in [-0.15, -0.1) is 0 Å². The highest BCUT2D eigenvalue weighted by Gasteiger charge is 2.57. The summed E-state index contributed by atoms with van der Waals surface area (Å²) in [6.45, 7) is 9.57. The number of hydrogen-bond donors (Lipinski definition) is 0. The monoisotopic (exact) mass is 252 g/mol. The first-order chi connectivity index (χ1) is 8.30. The molecule has 18 heavy (non-hydrogen) atoms. The van der Waals surface area contributed by atoms with E-state index in [9.17, 15) is 0 Å². The van der Waals surface area contributed by atoms with Gasteiger partial charge in [-0.1, -0.05) is 13.8 Å². The third-order valence-electron chi connectivity index (χ3n) is 4.81. The molecule has 0 saturated carbocycles. The van der Waals surface area contributed by atoms with Gasteiger partial charge in [0.05, 0.1) is 18.3 Å². The van der Waals surface area contributed by atoms with E-state index < -0.39 is 5.79 Å². The van der Waals surface area contributed by atoms with E-state index in [0.29, 0.717) is 6.61 Å². The Bertz CT molecular complexity index is 408. The minimum atomic E-state index is -0.528. The lowest BCUT2D eigenvalue weighted by Gasteiger charge is -2.49. The average Bonchev–Trinajstić information content (AvgIpc) is 2.64. The van der Waals surface area contributed by atoms with E-state index >= 15 is 0 Å². The van der Waals surface area contributed by atoms with Crippen molar-refractivity contribution >= 4 is 0 Å². The number of methoxy groups -OCH3 is 1. The van der Waals surface area contributed by atoms with Crippen molar-refractivity contribution in [1.82, 2.24) is 0 Å². The Morgan fingerprint density at radius 2 is 1.94 bits per heavy atom. The summed E-state index contributed by atoms with van der Waals surface area (Å²) in [5.41, 5.74) is 2.75. The van der Waals surface area contributed by atoms with Crippen LogP contribution in [-0.4, -0.2) is 31.2 Å². The highest BCUT2D eigenvalue weighted by molar-refractivity contribution is 5.38. The van der Waals surface area contributed by atoms with Crippen LogP contribution in [0.2, 0.25) is 0 Å². The molecule has 0 aromatic carbocycles. The molecule has 1 saturated heterocycles. The van der Waals surface area contributed by atoms with Crippen LogP contribution in [0.15, 0.2) is 11.1 Å². The van der Waals surface area contributed by atoms with Crippen molar-refractivity contribution in [3.63, 3.8) is 0 Å². The fourth-order valence-corrected chi connectivity index (χ4v) is 3.85. The van der Waals surface area contributed by atoms with Gasteiger partial charge >= 0.3 is 0 Å². The maximum Gasteiger partial charge on any atom is 0.196 e. The van der Waals surface area contributed by atoms with E-state index in [-0.39, 0.29) is 17.1 Å². The van der Waals surface area contributed by atoms with Crippen molar-refractivity contribution in [2.24, 2.45) is 5.41 Å². The molecule has 0 spiro atoms. The fraction of sp³-hybridized carbons (Fsp3) is 0.867. The Morgan fingerprint density at radius 1 is 1.22 bits per heavy atom. The van der Waals surface area contributed by atoms with Crippen molar-refractivity contribution in [3.05, 3.63) is 11.1 Å². The van der Waals surface area contributed by atoms with E-state index in [4.69, 9.17) is 14.2 Å². The molecule has 0 amide bonds. The molecule has 1 aliphatic carbocycles. The second-order valence-corrected chi connectivity index (χ2v) is 7.10. The first-order valence-electron chi connectivity index (χ1n) is 6.91. The first-order valence-corrected chi connectivity index (χ1v) is 6.91. The Kier molecular flexibility index (Phi) is 2.52. The highest BCUT2D eigenvalue weighted by Crippen LogP contribution is 2.55. The van der Waals surface area contributed by atoms with Crippen molar-refractivity contribution in [2.75, 3.05) is 13.7 Å². The summed E-state index contributed by atoms with van der Waals surface area (Å²) in [5, 5.41) is 0. The van der Waals surface area contributed by atoms with Gasteiger partial charge in [-0.05, 0) is 37.7 Å². The van der Waals surface area contributed by atoms with Crippen LogP contribution in [0.1, 0.15) is 47.0 Å². The summed E-state index contributed by atoms with van der Waals surface area (Å²) in [5.74, 6) is -0.528. The molecule has 3 heteroatoms. The van der Waals surface area contributed by atoms with Gasteiger partial charge in [0.2, 0.25) is 0 Å². The summed E-state index contributed by atoms with van der Waals surface area (Å²) in [4.78, 5) is 0. The maximum absolute atomic E-state index is 6.26. The van der Waals surface area contributed by atoms with Crippen LogP contribution in [0.25, 0.3) is 0 Å². The number of rotatable bonds is 1. The molecule has 102 valence electrons. The summed E-state index contributed by atoms with van der Waals surface area (Å²) < 4.78 is 18.2.